The van der Waals surface area contributed by atoms with Crippen molar-refractivity contribution in [1.29, 1.82) is 0 Å². The van der Waals surface area contributed by atoms with Crippen molar-refractivity contribution in [3.05, 3.63) is 0 Å². The third kappa shape index (κ3) is 3.11. The first kappa shape index (κ1) is 14.4. The van der Waals surface area contributed by atoms with E-state index in [-0.39, 0.29) is 24.9 Å². The van der Waals surface area contributed by atoms with Crippen LogP contribution in [0.25, 0.3) is 0 Å². The molecule has 3 N–H and O–H groups in total. The normalized spacial score (nSPS) is 27.8. The number of amides is 3. The highest BCUT2D eigenvalue weighted by Gasteiger charge is 2.60. The van der Waals surface area contributed by atoms with E-state index in [9.17, 15) is 27.6 Å². The van der Waals surface area contributed by atoms with Crippen molar-refractivity contribution in [1.82, 2.24) is 15.8 Å². The molecule has 2 fully saturated rings. The molecule has 3 amide bonds. The van der Waals surface area contributed by atoms with E-state index in [4.69, 9.17) is 5.11 Å². The van der Waals surface area contributed by atoms with Crippen LogP contribution < -0.4 is 10.9 Å². The molecule has 0 unspecified atom stereocenters. The average Bonchev–Trinajstić information content (AvgIpc) is 2.78. The van der Waals surface area contributed by atoms with Crippen LogP contribution in [0.2, 0.25) is 0 Å². The van der Waals surface area contributed by atoms with Gasteiger partial charge in [-0.2, -0.15) is 13.2 Å². The number of hydrazine groups is 1. The summed E-state index contributed by atoms with van der Waals surface area (Å²) in [5.41, 5.74) is 3.63. The Morgan fingerprint density at radius 2 is 1.70 bits per heavy atom. The Hall–Kier alpha value is -2.00. The van der Waals surface area contributed by atoms with E-state index in [1.165, 1.54) is 4.90 Å². The molecule has 112 valence electrons. The number of carboxylic acid groups (broad SMARTS) is 1. The minimum Gasteiger partial charge on any atom is -0.465 e. The molecular formula is C10H12F3N3O4. The van der Waals surface area contributed by atoms with Gasteiger partial charge >= 0.3 is 12.3 Å². The molecule has 2 rings (SSSR count). The summed E-state index contributed by atoms with van der Waals surface area (Å²) in [7, 11) is 0. The van der Waals surface area contributed by atoms with Gasteiger partial charge in [-0.15, -0.1) is 0 Å². The van der Waals surface area contributed by atoms with Crippen LogP contribution in [0.15, 0.2) is 0 Å². The lowest BCUT2D eigenvalue weighted by Crippen LogP contribution is -2.45. The van der Waals surface area contributed by atoms with Crippen LogP contribution in [0.3, 0.4) is 0 Å². The van der Waals surface area contributed by atoms with Gasteiger partial charge in [0.25, 0.3) is 0 Å². The lowest BCUT2D eigenvalue weighted by molar-refractivity contribution is -0.155. The zero-order valence-corrected chi connectivity index (χ0v) is 10.1. The lowest BCUT2D eigenvalue weighted by atomic mass is 10.2. The first-order valence-electron chi connectivity index (χ1n) is 5.82. The Labute approximate surface area is 111 Å². The molecule has 7 nitrogen and oxygen atoms in total. The van der Waals surface area contributed by atoms with E-state index in [1.807, 2.05) is 5.43 Å². The maximum absolute atomic E-state index is 11.9. The highest BCUT2D eigenvalue weighted by Crippen LogP contribution is 2.51. The molecule has 0 spiro atoms. The molecule has 0 radical (unpaired) electrons. The van der Waals surface area contributed by atoms with Crippen LogP contribution >= 0.6 is 0 Å². The fourth-order valence-electron chi connectivity index (χ4n) is 2.51. The highest BCUT2D eigenvalue weighted by molar-refractivity contribution is 5.86. The highest BCUT2D eigenvalue weighted by atomic mass is 19.4. The molecule has 20 heavy (non-hydrogen) atoms. The molecule has 0 bridgehead atoms. The molecule has 1 aliphatic carbocycles. The Bertz CT molecular complexity index is 442. The summed E-state index contributed by atoms with van der Waals surface area (Å²) >= 11 is 0. The van der Waals surface area contributed by atoms with Crippen molar-refractivity contribution in [2.24, 2.45) is 17.8 Å². The van der Waals surface area contributed by atoms with Crippen molar-refractivity contribution in [2.75, 3.05) is 13.1 Å². The van der Waals surface area contributed by atoms with Gasteiger partial charge < -0.3 is 10.0 Å². The monoisotopic (exact) mass is 295 g/mol. The van der Waals surface area contributed by atoms with E-state index >= 15 is 0 Å². The fourth-order valence-corrected chi connectivity index (χ4v) is 2.51. The van der Waals surface area contributed by atoms with Crippen molar-refractivity contribution in [3.63, 3.8) is 0 Å². The third-order valence-electron chi connectivity index (χ3n) is 3.45. The molecule has 1 saturated heterocycles. The van der Waals surface area contributed by atoms with Crippen LogP contribution in [0.4, 0.5) is 18.0 Å². The zero-order valence-electron chi connectivity index (χ0n) is 10.1. The van der Waals surface area contributed by atoms with Gasteiger partial charge in [0, 0.05) is 19.0 Å². The number of likely N-dealkylation sites (tertiary alicyclic amines) is 1. The lowest BCUT2D eigenvalue weighted by Gasteiger charge is -2.15. The number of hydrogen-bond acceptors (Lipinski definition) is 3. The second kappa shape index (κ2) is 4.84. The number of fused-ring (bicyclic) bond motifs is 1. The van der Waals surface area contributed by atoms with Crippen molar-refractivity contribution < 1.29 is 32.7 Å². The zero-order chi connectivity index (χ0) is 15.1. The average molecular weight is 295 g/mol. The maximum atomic E-state index is 11.9. The molecule has 0 aromatic rings. The number of nitrogens with one attached hydrogen (secondary N) is 2. The van der Waals surface area contributed by atoms with E-state index in [1.54, 1.807) is 5.43 Å². The number of rotatable bonds is 2. The van der Waals surface area contributed by atoms with Crippen molar-refractivity contribution in [3.8, 4) is 0 Å². The summed E-state index contributed by atoms with van der Waals surface area (Å²) in [5.74, 6) is -2.61. The summed E-state index contributed by atoms with van der Waals surface area (Å²) in [5, 5.41) is 8.72. The van der Waals surface area contributed by atoms with Gasteiger partial charge in [0.05, 0.1) is 0 Å². The van der Waals surface area contributed by atoms with Crippen molar-refractivity contribution in [2.45, 2.75) is 12.6 Å². The quantitative estimate of drug-likeness (QED) is 0.622. The van der Waals surface area contributed by atoms with E-state index in [2.05, 4.69) is 0 Å². The number of carbonyl (C=O) groups excluding carboxylic acids is 2. The van der Waals surface area contributed by atoms with Gasteiger partial charge in [-0.1, -0.05) is 0 Å². The number of piperidine rings is 1. The van der Waals surface area contributed by atoms with Crippen LogP contribution in [0.1, 0.15) is 6.42 Å². The van der Waals surface area contributed by atoms with Crippen LogP contribution in [0, 0.1) is 17.8 Å². The first-order chi connectivity index (χ1) is 9.19. The fraction of sp³-hybridized carbons (Fsp3) is 0.700. The third-order valence-corrected chi connectivity index (χ3v) is 3.45. The molecule has 0 aromatic carbocycles. The van der Waals surface area contributed by atoms with Crippen LogP contribution in [-0.4, -0.2) is 47.2 Å². The smallest absolute Gasteiger partial charge is 0.407 e. The summed E-state index contributed by atoms with van der Waals surface area (Å²) in [6, 6.07) is 0. The first-order valence-corrected chi connectivity index (χ1v) is 5.82. The Kier molecular flexibility index (Phi) is 3.48. The summed E-state index contributed by atoms with van der Waals surface area (Å²) in [6.45, 7) is 0.461. The van der Waals surface area contributed by atoms with E-state index in [0.717, 1.165) is 0 Å². The van der Waals surface area contributed by atoms with Gasteiger partial charge in [0.15, 0.2) is 0 Å². The number of nitrogens with zero attached hydrogens (tertiary/aromatic N) is 1. The van der Waals surface area contributed by atoms with Gasteiger partial charge in [-0.25, -0.2) is 4.79 Å². The summed E-state index contributed by atoms with van der Waals surface area (Å²) in [4.78, 5) is 34.3. The Morgan fingerprint density at radius 1 is 1.15 bits per heavy atom. The maximum Gasteiger partial charge on any atom is 0.407 e. The molecule has 0 aromatic heterocycles. The van der Waals surface area contributed by atoms with Crippen LogP contribution in [-0.2, 0) is 9.59 Å². The Morgan fingerprint density at radius 3 is 2.15 bits per heavy atom. The second-order valence-electron chi connectivity index (χ2n) is 4.87. The molecule has 1 saturated carbocycles. The minimum atomic E-state index is -4.63. The number of carbonyl (C=O) groups is 3. The molecule has 3 atom stereocenters. The van der Waals surface area contributed by atoms with Gasteiger partial charge in [-0.3, -0.25) is 20.4 Å². The summed E-state index contributed by atoms with van der Waals surface area (Å²) in [6.07, 6.45) is -7.36. The van der Waals surface area contributed by atoms with Gasteiger partial charge in [0.2, 0.25) is 11.8 Å². The SMILES string of the molecule is O=C(CC(F)(F)F)NNC(=O)[C@H]1[C@@H]2CN(C(=O)O)C[C@@H]21. The number of alkyl halides is 3. The Balaban J connectivity index is 1.71. The number of halogens is 3. The second-order valence-corrected chi connectivity index (χ2v) is 4.87. The van der Waals surface area contributed by atoms with E-state index in [0.29, 0.717) is 0 Å². The predicted octanol–water partition coefficient (Wildman–Crippen LogP) is -0.0580. The standard InChI is InChI=1S/C10H12F3N3O4/c11-10(12,13)1-6(17)14-15-8(18)7-4-2-16(9(19)20)3-5(4)7/h4-5,7H,1-3H2,(H,14,17)(H,15,18)(H,19,20)/t4-,5+,7+. The topological polar surface area (TPSA) is 98.7 Å². The van der Waals surface area contributed by atoms with Crippen molar-refractivity contribution >= 4 is 17.9 Å². The molecule has 10 heteroatoms. The van der Waals surface area contributed by atoms with E-state index < -0.39 is 36.4 Å². The van der Waals surface area contributed by atoms with Crippen LogP contribution in [0.5, 0.6) is 0 Å². The number of hydrogen-bond donors (Lipinski definition) is 3. The summed E-state index contributed by atoms with van der Waals surface area (Å²) < 4.78 is 35.6. The van der Waals surface area contributed by atoms with Gasteiger partial charge in [-0.05, 0) is 11.8 Å². The minimum absolute atomic E-state index is 0.120. The molecule has 1 heterocycles. The predicted molar refractivity (Wildman–Crippen MR) is 57.0 cm³/mol. The molecule has 2 aliphatic rings. The molecule has 1 aliphatic heterocycles. The van der Waals surface area contributed by atoms with Gasteiger partial charge in [0.1, 0.15) is 6.42 Å². The molecular weight excluding hydrogens is 283 g/mol. The largest absolute Gasteiger partial charge is 0.465 e.